The van der Waals surface area contributed by atoms with Gasteiger partial charge in [-0.25, -0.2) is 14.4 Å². The van der Waals surface area contributed by atoms with Crippen molar-refractivity contribution in [3.8, 4) is 0 Å². The van der Waals surface area contributed by atoms with E-state index < -0.39 is 11.7 Å². The van der Waals surface area contributed by atoms with Crippen LogP contribution in [0.4, 0.5) is 10.1 Å². The zero-order valence-electron chi connectivity index (χ0n) is 13.5. The first-order chi connectivity index (χ1) is 12.1. The van der Waals surface area contributed by atoms with E-state index in [9.17, 15) is 14.0 Å². The Balaban J connectivity index is 1.50. The lowest BCUT2D eigenvalue weighted by molar-refractivity contribution is -0.126. The largest absolute Gasteiger partial charge is 0.348 e. The number of carbonyl (C=O) groups excluding carboxylic acids is 2. The van der Waals surface area contributed by atoms with Crippen LogP contribution in [0.2, 0.25) is 0 Å². The minimum atomic E-state index is -0.714. The van der Waals surface area contributed by atoms with Crippen LogP contribution in [-0.4, -0.2) is 21.8 Å². The van der Waals surface area contributed by atoms with Crippen LogP contribution in [-0.2, 0) is 29.0 Å². The normalized spacial score (nSPS) is 18.3. The Bertz CT molecular complexity index is 868. The fourth-order valence-corrected chi connectivity index (χ4v) is 3.40. The van der Waals surface area contributed by atoms with Crippen molar-refractivity contribution in [1.82, 2.24) is 15.3 Å². The number of nitrogens with zero attached hydrogens (tertiary/aromatic N) is 2. The maximum atomic E-state index is 13.5. The average Bonchev–Trinajstić information content (AvgIpc) is 3.07. The molecule has 7 heteroatoms. The van der Waals surface area contributed by atoms with Crippen LogP contribution in [0.1, 0.15) is 41.4 Å². The van der Waals surface area contributed by atoms with Gasteiger partial charge in [-0.2, -0.15) is 0 Å². The number of hydrogen-bond acceptors (Lipinski definition) is 4. The van der Waals surface area contributed by atoms with Gasteiger partial charge in [-0.15, -0.1) is 0 Å². The van der Waals surface area contributed by atoms with E-state index in [0.717, 1.165) is 25.0 Å². The number of aryl methyl sites for hydroxylation is 2. The van der Waals surface area contributed by atoms with Crippen molar-refractivity contribution in [3.05, 3.63) is 52.9 Å². The molecule has 0 saturated carbocycles. The zero-order chi connectivity index (χ0) is 17.4. The zero-order valence-corrected chi connectivity index (χ0v) is 13.5. The molecule has 2 heterocycles. The van der Waals surface area contributed by atoms with Crippen LogP contribution < -0.4 is 10.6 Å². The van der Waals surface area contributed by atoms with Crippen molar-refractivity contribution in [2.75, 3.05) is 5.32 Å². The van der Waals surface area contributed by atoms with Crippen molar-refractivity contribution in [3.63, 3.8) is 0 Å². The fraction of sp³-hybridized carbons (Fsp3) is 0.333. The number of amides is 2. The van der Waals surface area contributed by atoms with Gasteiger partial charge in [0.1, 0.15) is 11.6 Å². The number of aromatic nitrogens is 2. The molecule has 2 aliphatic rings. The molecule has 0 radical (unpaired) electrons. The smallest absolute Gasteiger partial charge is 0.228 e. The second kappa shape index (κ2) is 6.23. The Kier molecular flexibility index (Phi) is 3.91. The van der Waals surface area contributed by atoms with Crippen molar-refractivity contribution in [1.29, 1.82) is 0 Å². The molecular formula is C18H17FN4O2. The van der Waals surface area contributed by atoms with Gasteiger partial charge < -0.3 is 10.6 Å². The third kappa shape index (κ3) is 3.09. The van der Waals surface area contributed by atoms with E-state index in [1.165, 1.54) is 23.8 Å². The highest BCUT2D eigenvalue weighted by atomic mass is 19.1. The first-order valence-corrected chi connectivity index (χ1v) is 8.31. The molecule has 1 aliphatic heterocycles. The summed E-state index contributed by atoms with van der Waals surface area (Å²) in [5, 5.41) is 5.44. The first kappa shape index (κ1) is 15.7. The number of hydrogen-bond donors (Lipinski definition) is 2. The number of fused-ring (bicyclic) bond motifs is 2. The van der Waals surface area contributed by atoms with E-state index in [2.05, 4.69) is 20.6 Å². The maximum Gasteiger partial charge on any atom is 0.228 e. The van der Waals surface area contributed by atoms with Crippen molar-refractivity contribution in [2.24, 2.45) is 0 Å². The minimum absolute atomic E-state index is 0.00662. The lowest BCUT2D eigenvalue weighted by atomic mass is 9.89. The number of benzene rings is 1. The van der Waals surface area contributed by atoms with Crippen molar-refractivity contribution < 1.29 is 14.0 Å². The molecule has 2 amide bonds. The second-order valence-corrected chi connectivity index (χ2v) is 6.37. The lowest BCUT2D eigenvalue weighted by Gasteiger charge is -2.24. The summed E-state index contributed by atoms with van der Waals surface area (Å²) in [7, 11) is 0. The SMILES string of the molecule is O=C1CC(C(=O)NCc2ncc3c(n2)CCC3)c2cc(F)ccc2N1. The van der Waals surface area contributed by atoms with Gasteiger partial charge in [0.05, 0.1) is 12.5 Å². The first-order valence-electron chi connectivity index (χ1n) is 8.31. The van der Waals surface area contributed by atoms with E-state index in [0.29, 0.717) is 17.1 Å². The van der Waals surface area contributed by atoms with Gasteiger partial charge >= 0.3 is 0 Å². The summed E-state index contributed by atoms with van der Waals surface area (Å²) in [5.74, 6) is -1.18. The summed E-state index contributed by atoms with van der Waals surface area (Å²) >= 11 is 0. The van der Waals surface area contributed by atoms with Gasteiger partial charge in [-0.3, -0.25) is 9.59 Å². The molecule has 4 rings (SSSR count). The molecule has 2 N–H and O–H groups in total. The van der Waals surface area contributed by atoms with Crippen LogP contribution >= 0.6 is 0 Å². The highest BCUT2D eigenvalue weighted by Gasteiger charge is 2.31. The molecule has 1 unspecified atom stereocenters. The Hall–Kier alpha value is -2.83. The van der Waals surface area contributed by atoms with Crippen LogP contribution in [0.15, 0.2) is 24.4 Å². The average molecular weight is 340 g/mol. The minimum Gasteiger partial charge on any atom is -0.348 e. The third-order valence-electron chi connectivity index (χ3n) is 4.65. The lowest BCUT2D eigenvalue weighted by Crippen LogP contribution is -2.35. The van der Waals surface area contributed by atoms with Crippen LogP contribution in [0, 0.1) is 5.82 Å². The van der Waals surface area contributed by atoms with Crippen LogP contribution in [0.25, 0.3) is 0 Å². The Morgan fingerprint density at radius 2 is 2.24 bits per heavy atom. The number of anilines is 1. The monoisotopic (exact) mass is 340 g/mol. The van der Waals surface area contributed by atoms with E-state index >= 15 is 0 Å². The summed E-state index contributed by atoms with van der Waals surface area (Å²) in [6.45, 7) is 0.189. The summed E-state index contributed by atoms with van der Waals surface area (Å²) in [6.07, 6.45) is 4.83. The number of nitrogens with one attached hydrogen (secondary N) is 2. The molecule has 1 aromatic heterocycles. The molecule has 6 nitrogen and oxygen atoms in total. The van der Waals surface area contributed by atoms with Gasteiger partial charge in [-0.05, 0) is 48.6 Å². The molecule has 2 aromatic rings. The van der Waals surface area contributed by atoms with Gasteiger partial charge in [0.2, 0.25) is 11.8 Å². The third-order valence-corrected chi connectivity index (χ3v) is 4.65. The second-order valence-electron chi connectivity index (χ2n) is 6.37. The molecule has 1 aromatic carbocycles. The van der Waals surface area contributed by atoms with E-state index in [1.807, 2.05) is 6.20 Å². The summed E-state index contributed by atoms with van der Waals surface area (Å²) in [4.78, 5) is 33.1. The number of halogens is 1. The fourth-order valence-electron chi connectivity index (χ4n) is 3.40. The van der Waals surface area contributed by atoms with E-state index in [1.54, 1.807) is 0 Å². The van der Waals surface area contributed by atoms with Gasteiger partial charge in [-0.1, -0.05) is 0 Å². The molecule has 1 atom stereocenters. The summed E-state index contributed by atoms with van der Waals surface area (Å²) < 4.78 is 13.5. The molecule has 25 heavy (non-hydrogen) atoms. The predicted molar refractivity (Wildman–Crippen MR) is 88.3 cm³/mol. The maximum absolute atomic E-state index is 13.5. The molecule has 0 spiro atoms. The number of carbonyl (C=O) groups is 2. The highest BCUT2D eigenvalue weighted by Crippen LogP contribution is 2.32. The predicted octanol–water partition coefficient (Wildman–Crippen LogP) is 1.85. The topological polar surface area (TPSA) is 84.0 Å². The molecular weight excluding hydrogens is 323 g/mol. The van der Waals surface area contributed by atoms with Gasteiger partial charge in [0, 0.05) is 24.0 Å². The van der Waals surface area contributed by atoms with Gasteiger partial charge in [0.15, 0.2) is 0 Å². The number of rotatable bonds is 3. The highest BCUT2D eigenvalue weighted by molar-refractivity contribution is 6.01. The van der Waals surface area contributed by atoms with Crippen molar-refractivity contribution in [2.45, 2.75) is 38.1 Å². The van der Waals surface area contributed by atoms with E-state index in [-0.39, 0.29) is 24.8 Å². The standard InChI is InChI=1S/C18H17FN4O2/c19-11-4-5-15-12(6-11)13(7-17(24)23-15)18(25)21-9-16-20-8-10-2-1-3-14(10)22-16/h4-6,8,13H,1-3,7,9H2,(H,21,25)(H,23,24). The molecule has 0 saturated heterocycles. The van der Waals surface area contributed by atoms with Gasteiger partial charge in [0.25, 0.3) is 0 Å². The molecule has 128 valence electrons. The Morgan fingerprint density at radius 1 is 1.36 bits per heavy atom. The summed E-state index contributed by atoms with van der Waals surface area (Å²) in [5.41, 5.74) is 3.19. The molecule has 0 bridgehead atoms. The summed E-state index contributed by atoms with van der Waals surface area (Å²) in [6, 6.07) is 4.04. The van der Waals surface area contributed by atoms with Crippen molar-refractivity contribution >= 4 is 17.5 Å². The molecule has 1 aliphatic carbocycles. The van der Waals surface area contributed by atoms with Crippen LogP contribution in [0.5, 0.6) is 0 Å². The Morgan fingerprint density at radius 3 is 3.12 bits per heavy atom. The molecule has 0 fully saturated rings. The Labute approximate surface area is 143 Å². The van der Waals surface area contributed by atoms with E-state index in [4.69, 9.17) is 0 Å². The quantitative estimate of drug-likeness (QED) is 0.893. The van der Waals surface area contributed by atoms with Crippen LogP contribution in [0.3, 0.4) is 0 Å².